The van der Waals surface area contributed by atoms with E-state index in [4.69, 9.17) is 9.47 Å². The fraction of sp³-hybridized carbons (Fsp3) is 0.222. The highest BCUT2D eigenvalue weighted by atomic mass is 32.2. The van der Waals surface area contributed by atoms with Crippen LogP contribution in [0.25, 0.3) is 0 Å². The monoisotopic (exact) mass is 374 g/mol. The summed E-state index contributed by atoms with van der Waals surface area (Å²) in [5.41, 5.74) is 1.58. The molecule has 0 bridgehead atoms. The highest BCUT2D eigenvalue weighted by Gasteiger charge is 2.30. The standard InChI is InChI=1S/C18H18N2O5S/c1-13-6-8-14(9-7-13)24-10-11-25-17(21)12-19-18-15-4-2-3-5-16(15)26(22,23)20-18/h2-9H,10-12H2,1H3,(H,19,20). The van der Waals surface area contributed by atoms with E-state index < -0.39 is 16.0 Å². The van der Waals surface area contributed by atoms with E-state index in [2.05, 4.69) is 9.71 Å². The lowest BCUT2D eigenvalue weighted by Crippen LogP contribution is -2.23. The summed E-state index contributed by atoms with van der Waals surface area (Å²) in [6.45, 7) is 2.01. The van der Waals surface area contributed by atoms with Crippen LogP contribution in [0.4, 0.5) is 0 Å². The van der Waals surface area contributed by atoms with E-state index in [0.29, 0.717) is 11.3 Å². The topological polar surface area (TPSA) is 94.1 Å². The second-order valence-electron chi connectivity index (χ2n) is 5.65. The number of nitrogens with zero attached hydrogens (tertiary/aromatic N) is 1. The number of esters is 1. The molecule has 1 aliphatic rings. The molecule has 0 atom stereocenters. The van der Waals surface area contributed by atoms with Crippen LogP contribution in [0.2, 0.25) is 0 Å². The lowest BCUT2D eigenvalue weighted by atomic mass is 10.2. The molecule has 0 saturated heterocycles. The van der Waals surface area contributed by atoms with Crippen molar-refractivity contribution >= 4 is 21.8 Å². The van der Waals surface area contributed by atoms with Crippen molar-refractivity contribution in [1.29, 1.82) is 0 Å². The molecule has 2 aromatic rings. The Bertz CT molecular complexity index is 936. The van der Waals surface area contributed by atoms with Crippen LogP contribution in [0.5, 0.6) is 5.75 Å². The Balaban J connectivity index is 1.49. The molecule has 0 amide bonds. The van der Waals surface area contributed by atoms with E-state index >= 15 is 0 Å². The zero-order valence-electron chi connectivity index (χ0n) is 14.1. The largest absolute Gasteiger partial charge is 0.490 e. The molecule has 3 rings (SSSR count). The Morgan fingerprint density at radius 3 is 2.58 bits per heavy atom. The predicted molar refractivity (Wildman–Crippen MR) is 95.8 cm³/mol. The molecule has 0 aromatic heterocycles. The van der Waals surface area contributed by atoms with E-state index in [1.807, 2.05) is 31.2 Å². The summed E-state index contributed by atoms with van der Waals surface area (Å²) in [4.78, 5) is 15.9. The average molecular weight is 374 g/mol. The Morgan fingerprint density at radius 2 is 1.81 bits per heavy atom. The van der Waals surface area contributed by atoms with Crippen LogP contribution in [0.15, 0.2) is 58.4 Å². The summed E-state index contributed by atoms with van der Waals surface area (Å²) in [5, 5.41) is 0. The molecule has 1 aliphatic heterocycles. The maximum Gasteiger partial charge on any atom is 0.327 e. The lowest BCUT2D eigenvalue weighted by molar-refractivity contribution is -0.142. The molecule has 0 radical (unpaired) electrons. The van der Waals surface area contributed by atoms with Crippen molar-refractivity contribution in [2.24, 2.45) is 4.99 Å². The molecule has 7 nitrogen and oxygen atoms in total. The number of carbonyl (C=O) groups excluding carboxylic acids is 1. The van der Waals surface area contributed by atoms with Gasteiger partial charge in [-0.25, -0.2) is 8.42 Å². The first-order valence-corrected chi connectivity index (χ1v) is 9.46. The minimum Gasteiger partial charge on any atom is -0.490 e. The van der Waals surface area contributed by atoms with E-state index in [0.717, 1.165) is 5.56 Å². The zero-order valence-corrected chi connectivity index (χ0v) is 15.0. The van der Waals surface area contributed by atoms with Gasteiger partial charge in [0.1, 0.15) is 31.3 Å². The minimum absolute atomic E-state index is 0.0832. The molecule has 0 fully saturated rings. The number of benzene rings is 2. The van der Waals surface area contributed by atoms with Crippen LogP contribution in [0.3, 0.4) is 0 Å². The van der Waals surface area contributed by atoms with Crippen molar-refractivity contribution in [3.05, 3.63) is 59.7 Å². The fourth-order valence-corrected chi connectivity index (χ4v) is 3.64. The Morgan fingerprint density at radius 1 is 1.08 bits per heavy atom. The molecule has 1 heterocycles. The maximum absolute atomic E-state index is 12.0. The summed E-state index contributed by atoms with van der Waals surface area (Å²) in [6.07, 6.45) is 0. The number of amidine groups is 1. The third-order valence-corrected chi connectivity index (χ3v) is 5.06. The van der Waals surface area contributed by atoms with Crippen LogP contribution >= 0.6 is 0 Å². The Labute approximate surface area is 151 Å². The van der Waals surface area contributed by atoms with Crippen LogP contribution in [-0.2, 0) is 19.6 Å². The number of rotatable bonds is 6. The van der Waals surface area contributed by atoms with E-state index in [1.54, 1.807) is 18.2 Å². The van der Waals surface area contributed by atoms with E-state index in [9.17, 15) is 13.2 Å². The summed E-state index contributed by atoms with van der Waals surface area (Å²) >= 11 is 0. The van der Waals surface area contributed by atoms with Crippen molar-refractivity contribution in [2.45, 2.75) is 11.8 Å². The first-order valence-electron chi connectivity index (χ1n) is 7.97. The van der Waals surface area contributed by atoms with Gasteiger partial charge in [-0.2, -0.15) is 0 Å². The zero-order chi connectivity index (χ0) is 18.6. The number of sulfonamides is 1. The lowest BCUT2D eigenvalue weighted by Gasteiger charge is -2.07. The normalized spacial score (nSPS) is 16.0. The number of ether oxygens (including phenoxy) is 2. The SMILES string of the molecule is Cc1ccc(OCCOC(=O)CN=C2NS(=O)(=O)c3ccccc32)cc1. The molecule has 136 valence electrons. The second-order valence-corrected chi connectivity index (χ2v) is 7.30. The Hall–Kier alpha value is -2.87. The number of nitrogens with one attached hydrogen (secondary N) is 1. The van der Waals surface area contributed by atoms with Gasteiger partial charge in [0.2, 0.25) is 0 Å². The molecule has 2 aromatic carbocycles. The quantitative estimate of drug-likeness (QED) is 0.613. The van der Waals surface area contributed by atoms with Gasteiger partial charge in [0, 0.05) is 5.56 Å². The summed E-state index contributed by atoms with van der Waals surface area (Å²) in [5.74, 6) is 0.283. The van der Waals surface area contributed by atoms with Crippen molar-refractivity contribution < 1.29 is 22.7 Å². The minimum atomic E-state index is -3.61. The molecule has 0 aliphatic carbocycles. The molecule has 26 heavy (non-hydrogen) atoms. The summed E-state index contributed by atoms with van der Waals surface area (Å²) < 4.78 is 36.7. The van der Waals surface area contributed by atoms with Gasteiger partial charge in [-0.1, -0.05) is 29.8 Å². The highest BCUT2D eigenvalue weighted by molar-refractivity contribution is 7.90. The Kier molecular flexibility index (Phi) is 5.22. The maximum atomic E-state index is 12.0. The van der Waals surface area contributed by atoms with Gasteiger partial charge in [0.25, 0.3) is 10.0 Å². The highest BCUT2D eigenvalue weighted by Crippen LogP contribution is 2.22. The third kappa shape index (κ3) is 4.20. The number of hydrogen-bond donors (Lipinski definition) is 1. The van der Waals surface area contributed by atoms with Crippen LogP contribution in [0, 0.1) is 6.92 Å². The molecular weight excluding hydrogens is 356 g/mol. The van der Waals surface area contributed by atoms with Crippen LogP contribution in [0.1, 0.15) is 11.1 Å². The third-order valence-electron chi connectivity index (χ3n) is 3.67. The van der Waals surface area contributed by atoms with Gasteiger partial charge >= 0.3 is 5.97 Å². The second kappa shape index (κ2) is 7.57. The molecular formula is C18H18N2O5S. The molecule has 1 N–H and O–H groups in total. The van der Waals surface area contributed by atoms with Gasteiger partial charge in [0.15, 0.2) is 0 Å². The van der Waals surface area contributed by atoms with Gasteiger partial charge in [-0.05, 0) is 31.2 Å². The van der Waals surface area contributed by atoms with Crippen molar-refractivity contribution in [3.63, 3.8) is 0 Å². The first-order chi connectivity index (χ1) is 12.5. The van der Waals surface area contributed by atoms with Crippen LogP contribution < -0.4 is 9.46 Å². The average Bonchev–Trinajstić information content (AvgIpc) is 2.89. The first kappa shape index (κ1) is 17.9. The summed E-state index contributed by atoms with van der Waals surface area (Å²) in [7, 11) is -3.61. The molecule has 0 unspecified atom stereocenters. The smallest absolute Gasteiger partial charge is 0.327 e. The predicted octanol–water partition coefficient (Wildman–Crippen LogP) is 1.66. The van der Waals surface area contributed by atoms with Crippen LogP contribution in [-0.4, -0.2) is 40.0 Å². The molecule has 0 saturated carbocycles. The van der Waals surface area contributed by atoms with Gasteiger partial charge < -0.3 is 9.47 Å². The number of carbonyl (C=O) groups is 1. The molecule has 8 heteroatoms. The van der Waals surface area contributed by atoms with Crippen molar-refractivity contribution in [2.75, 3.05) is 19.8 Å². The molecule has 0 spiro atoms. The van der Waals surface area contributed by atoms with E-state index in [-0.39, 0.29) is 30.5 Å². The number of aliphatic imine (C=N–C) groups is 1. The van der Waals surface area contributed by atoms with E-state index in [1.165, 1.54) is 6.07 Å². The number of fused-ring (bicyclic) bond motifs is 1. The fourth-order valence-electron chi connectivity index (χ4n) is 2.39. The van der Waals surface area contributed by atoms with Crippen molar-refractivity contribution in [1.82, 2.24) is 4.72 Å². The number of aryl methyl sites for hydroxylation is 1. The summed E-state index contributed by atoms with van der Waals surface area (Å²) in [6, 6.07) is 14.0. The van der Waals surface area contributed by atoms with Gasteiger partial charge in [-0.3, -0.25) is 14.5 Å². The number of hydrogen-bond acceptors (Lipinski definition) is 6. The van der Waals surface area contributed by atoms with Crippen molar-refractivity contribution in [3.8, 4) is 5.75 Å². The van der Waals surface area contributed by atoms with Gasteiger partial charge in [0.05, 0.1) is 4.90 Å². The van der Waals surface area contributed by atoms with Gasteiger partial charge in [-0.15, -0.1) is 0 Å².